The molecular formula is C17H19BrClN3O2. The monoisotopic (exact) mass is 411 g/mol. The summed E-state index contributed by atoms with van der Waals surface area (Å²) in [6.07, 6.45) is -0.122. The fourth-order valence-corrected chi connectivity index (χ4v) is 2.59. The minimum atomic E-state index is -0.122. The van der Waals surface area contributed by atoms with Crippen molar-refractivity contribution in [1.29, 1.82) is 0 Å². The second kappa shape index (κ2) is 8.80. The zero-order valence-corrected chi connectivity index (χ0v) is 15.8. The van der Waals surface area contributed by atoms with Crippen LogP contribution in [0, 0.1) is 0 Å². The number of rotatable bonds is 6. The van der Waals surface area contributed by atoms with Crippen molar-refractivity contribution in [3.63, 3.8) is 0 Å². The molecule has 0 fully saturated rings. The molecule has 0 saturated heterocycles. The topological polar surface area (TPSA) is 68.9 Å². The number of ether oxygens (including phenoxy) is 2. The van der Waals surface area contributed by atoms with Crippen LogP contribution in [0.5, 0.6) is 11.5 Å². The Balaban J connectivity index is 1.91. The van der Waals surface area contributed by atoms with Gasteiger partial charge in [-0.3, -0.25) is 0 Å². The lowest BCUT2D eigenvalue weighted by Gasteiger charge is -2.14. The number of anilines is 1. The van der Waals surface area contributed by atoms with Crippen molar-refractivity contribution in [1.82, 2.24) is 0 Å². The normalized spacial score (nSPS) is 12.6. The highest BCUT2D eigenvalue weighted by Gasteiger charge is 2.07. The van der Waals surface area contributed by atoms with Gasteiger partial charge in [-0.25, -0.2) is 4.99 Å². The van der Waals surface area contributed by atoms with Crippen LogP contribution in [0.2, 0.25) is 5.02 Å². The van der Waals surface area contributed by atoms with Crippen LogP contribution in [0.15, 0.2) is 51.9 Å². The Kier molecular flexibility index (Phi) is 6.75. The van der Waals surface area contributed by atoms with Crippen LogP contribution in [0.3, 0.4) is 0 Å². The van der Waals surface area contributed by atoms with Crippen LogP contribution < -0.4 is 20.5 Å². The molecule has 128 valence electrons. The number of nitrogens with one attached hydrogen (secondary N) is 1. The van der Waals surface area contributed by atoms with E-state index >= 15 is 0 Å². The van der Waals surface area contributed by atoms with Crippen LogP contribution in [0.25, 0.3) is 0 Å². The molecule has 2 aromatic rings. The van der Waals surface area contributed by atoms with E-state index in [0.29, 0.717) is 23.3 Å². The third-order valence-electron chi connectivity index (χ3n) is 3.11. The number of methoxy groups -OCH3 is 1. The van der Waals surface area contributed by atoms with E-state index in [2.05, 4.69) is 26.2 Å². The van der Waals surface area contributed by atoms with E-state index in [1.54, 1.807) is 19.2 Å². The van der Waals surface area contributed by atoms with E-state index in [-0.39, 0.29) is 6.10 Å². The highest BCUT2D eigenvalue weighted by Crippen LogP contribution is 2.27. The molecule has 0 amide bonds. The van der Waals surface area contributed by atoms with Gasteiger partial charge in [0.05, 0.1) is 23.1 Å². The van der Waals surface area contributed by atoms with Crippen molar-refractivity contribution in [3.05, 3.63) is 52.0 Å². The van der Waals surface area contributed by atoms with Gasteiger partial charge in [-0.05, 0) is 53.2 Å². The SMILES string of the molecule is COc1ccc(NC(N)=NCC(C)Oc2ccccc2Br)cc1Cl. The smallest absolute Gasteiger partial charge is 0.193 e. The Morgan fingerprint density at radius 1 is 1.29 bits per heavy atom. The molecule has 2 aromatic carbocycles. The van der Waals surface area contributed by atoms with E-state index in [0.717, 1.165) is 15.9 Å². The van der Waals surface area contributed by atoms with Crippen LogP contribution in [0.4, 0.5) is 5.69 Å². The number of para-hydroxylation sites is 1. The van der Waals surface area contributed by atoms with Gasteiger partial charge in [-0.1, -0.05) is 23.7 Å². The molecule has 0 saturated carbocycles. The van der Waals surface area contributed by atoms with Crippen molar-refractivity contribution in [2.45, 2.75) is 13.0 Å². The zero-order valence-electron chi connectivity index (χ0n) is 13.4. The number of nitrogens with two attached hydrogens (primary N) is 1. The number of benzene rings is 2. The first-order chi connectivity index (χ1) is 11.5. The third-order valence-corrected chi connectivity index (χ3v) is 4.06. The summed E-state index contributed by atoms with van der Waals surface area (Å²) in [6.45, 7) is 2.35. The quantitative estimate of drug-likeness (QED) is 0.548. The van der Waals surface area contributed by atoms with Crippen LogP contribution in [-0.2, 0) is 0 Å². The molecular weight excluding hydrogens is 394 g/mol. The first kappa shape index (κ1) is 18.4. The number of nitrogens with zero attached hydrogens (tertiary/aromatic N) is 1. The summed E-state index contributed by atoms with van der Waals surface area (Å²) >= 11 is 9.52. The van der Waals surface area contributed by atoms with E-state index in [4.69, 9.17) is 26.8 Å². The predicted molar refractivity (Wildman–Crippen MR) is 102 cm³/mol. The average molecular weight is 413 g/mol. The fourth-order valence-electron chi connectivity index (χ4n) is 1.95. The molecule has 1 unspecified atom stereocenters. The lowest BCUT2D eigenvalue weighted by molar-refractivity contribution is 0.229. The first-order valence-corrected chi connectivity index (χ1v) is 8.48. The van der Waals surface area contributed by atoms with Crippen molar-refractivity contribution in [2.75, 3.05) is 19.0 Å². The maximum atomic E-state index is 6.08. The minimum absolute atomic E-state index is 0.122. The van der Waals surface area contributed by atoms with Crippen molar-refractivity contribution in [2.24, 2.45) is 10.7 Å². The highest BCUT2D eigenvalue weighted by molar-refractivity contribution is 9.10. The number of guanidine groups is 1. The minimum Gasteiger partial charge on any atom is -0.495 e. The van der Waals surface area contributed by atoms with Gasteiger partial charge in [0.2, 0.25) is 0 Å². The Hall–Kier alpha value is -1.92. The second-order valence-electron chi connectivity index (χ2n) is 5.06. The maximum Gasteiger partial charge on any atom is 0.193 e. The summed E-state index contributed by atoms with van der Waals surface area (Å²) in [5.41, 5.74) is 6.64. The largest absolute Gasteiger partial charge is 0.495 e. The van der Waals surface area contributed by atoms with Crippen LogP contribution in [-0.4, -0.2) is 25.7 Å². The van der Waals surface area contributed by atoms with Crippen LogP contribution in [0.1, 0.15) is 6.92 Å². The highest BCUT2D eigenvalue weighted by atomic mass is 79.9. The Bertz CT molecular complexity index is 725. The molecule has 0 aliphatic rings. The van der Waals surface area contributed by atoms with E-state index in [9.17, 15) is 0 Å². The third kappa shape index (κ3) is 5.32. The van der Waals surface area contributed by atoms with Gasteiger partial charge in [-0.2, -0.15) is 0 Å². The predicted octanol–water partition coefficient (Wildman–Crippen LogP) is 4.31. The van der Waals surface area contributed by atoms with Gasteiger partial charge in [0.25, 0.3) is 0 Å². The van der Waals surface area contributed by atoms with Gasteiger partial charge in [-0.15, -0.1) is 0 Å². The van der Waals surface area contributed by atoms with Crippen molar-refractivity contribution >= 4 is 39.2 Å². The number of hydrogen-bond donors (Lipinski definition) is 2. The second-order valence-corrected chi connectivity index (χ2v) is 6.32. The zero-order chi connectivity index (χ0) is 17.5. The molecule has 0 bridgehead atoms. The molecule has 1 atom stereocenters. The molecule has 7 heteroatoms. The van der Waals surface area contributed by atoms with Gasteiger partial charge >= 0.3 is 0 Å². The molecule has 0 spiro atoms. The van der Waals surface area contributed by atoms with Gasteiger partial charge in [0.1, 0.15) is 17.6 Å². The Morgan fingerprint density at radius 2 is 2.04 bits per heavy atom. The summed E-state index contributed by atoms with van der Waals surface area (Å²) in [5.74, 6) is 1.67. The Labute approximate surface area is 154 Å². The van der Waals surface area contributed by atoms with Gasteiger partial charge in [0.15, 0.2) is 5.96 Å². The summed E-state index contributed by atoms with van der Waals surface area (Å²) in [6, 6.07) is 13.0. The first-order valence-electron chi connectivity index (χ1n) is 7.31. The molecule has 3 N–H and O–H groups in total. The summed E-state index contributed by atoms with van der Waals surface area (Å²) in [5, 5.41) is 3.49. The number of halogens is 2. The standard InChI is InChI=1S/C17H19BrClN3O2/c1-11(24-15-6-4-3-5-13(15)18)10-21-17(20)22-12-7-8-16(23-2)14(19)9-12/h3-9,11H,10H2,1-2H3,(H3,20,21,22). The molecule has 0 radical (unpaired) electrons. The van der Waals surface area contributed by atoms with Gasteiger partial charge in [0, 0.05) is 5.69 Å². The lowest BCUT2D eigenvalue weighted by atomic mass is 10.3. The number of aliphatic imine (C=N–C) groups is 1. The lowest BCUT2D eigenvalue weighted by Crippen LogP contribution is -2.25. The summed E-state index contributed by atoms with van der Waals surface area (Å²) in [4.78, 5) is 4.29. The Morgan fingerprint density at radius 3 is 2.71 bits per heavy atom. The molecule has 0 aromatic heterocycles. The average Bonchev–Trinajstić information content (AvgIpc) is 2.55. The van der Waals surface area contributed by atoms with Crippen molar-refractivity contribution < 1.29 is 9.47 Å². The summed E-state index contributed by atoms with van der Waals surface area (Å²) < 4.78 is 11.8. The van der Waals surface area contributed by atoms with E-state index in [1.165, 1.54) is 0 Å². The maximum absolute atomic E-state index is 6.08. The summed E-state index contributed by atoms with van der Waals surface area (Å²) in [7, 11) is 1.57. The van der Waals surface area contributed by atoms with E-state index in [1.807, 2.05) is 37.3 Å². The molecule has 0 aliphatic carbocycles. The van der Waals surface area contributed by atoms with Crippen LogP contribution >= 0.6 is 27.5 Å². The molecule has 0 heterocycles. The number of hydrogen-bond acceptors (Lipinski definition) is 3. The molecule has 2 rings (SSSR count). The van der Waals surface area contributed by atoms with E-state index < -0.39 is 0 Å². The van der Waals surface area contributed by atoms with Gasteiger partial charge < -0.3 is 20.5 Å². The molecule has 24 heavy (non-hydrogen) atoms. The molecule has 5 nitrogen and oxygen atoms in total. The molecule has 0 aliphatic heterocycles. The van der Waals surface area contributed by atoms with Crippen molar-refractivity contribution in [3.8, 4) is 11.5 Å². The fraction of sp³-hybridized carbons (Fsp3) is 0.235.